The van der Waals surface area contributed by atoms with Crippen LogP contribution in [0.15, 0.2) is 60.7 Å². The highest BCUT2D eigenvalue weighted by Gasteiger charge is 2.47. The summed E-state index contributed by atoms with van der Waals surface area (Å²) in [4.78, 5) is 0. The Morgan fingerprint density at radius 1 is 0.708 bits per heavy atom. The fourth-order valence-electron chi connectivity index (χ4n) is 2.85. The van der Waals surface area contributed by atoms with Crippen molar-refractivity contribution < 1.29 is 18.9 Å². The highest BCUT2D eigenvalue weighted by atomic mass is 16.6. The molecule has 4 rings (SSSR count). The third kappa shape index (κ3) is 4.22. The van der Waals surface area contributed by atoms with E-state index < -0.39 is 0 Å². The van der Waals surface area contributed by atoms with Crippen molar-refractivity contribution in [2.45, 2.75) is 37.6 Å². The fourth-order valence-corrected chi connectivity index (χ4v) is 2.85. The highest BCUT2D eigenvalue weighted by Crippen LogP contribution is 2.30. The van der Waals surface area contributed by atoms with E-state index in [4.69, 9.17) is 18.9 Å². The molecule has 4 unspecified atom stereocenters. The molecule has 24 heavy (non-hydrogen) atoms. The van der Waals surface area contributed by atoms with Gasteiger partial charge in [0.25, 0.3) is 0 Å². The number of benzene rings is 2. The Labute approximate surface area is 142 Å². The van der Waals surface area contributed by atoms with Gasteiger partial charge in [-0.15, -0.1) is 0 Å². The molecule has 0 aliphatic carbocycles. The molecule has 0 spiro atoms. The van der Waals surface area contributed by atoms with E-state index in [1.54, 1.807) is 0 Å². The minimum absolute atomic E-state index is 0.0959. The summed E-state index contributed by atoms with van der Waals surface area (Å²) in [6.07, 6.45) is 0.0280. The number of hydrogen-bond acceptors (Lipinski definition) is 4. The Bertz CT molecular complexity index is 565. The molecule has 4 heteroatoms. The number of hydrogen-bond donors (Lipinski definition) is 0. The Kier molecular flexibility index (Phi) is 4.90. The maximum atomic E-state index is 6.17. The number of ether oxygens (including phenoxy) is 4. The molecule has 4 nitrogen and oxygen atoms in total. The number of epoxide rings is 2. The van der Waals surface area contributed by atoms with Crippen molar-refractivity contribution in [2.75, 3.05) is 13.2 Å². The molecule has 0 N–H and O–H groups in total. The van der Waals surface area contributed by atoms with Crippen molar-refractivity contribution in [3.8, 4) is 0 Å². The largest absolute Gasteiger partial charge is 0.370 e. The van der Waals surface area contributed by atoms with Gasteiger partial charge in [-0.2, -0.15) is 0 Å². The molecule has 2 aliphatic heterocycles. The van der Waals surface area contributed by atoms with Crippen LogP contribution >= 0.6 is 0 Å². The van der Waals surface area contributed by atoms with Gasteiger partial charge in [-0.05, 0) is 11.1 Å². The lowest BCUT2D eigenvalue weighted by Crippen LogP contribution is -2.40. The maximum absolute atomic E-state index is 6.17. The minimum atomic E-state index is -0.0959. The molecule has 0 bridgehead atoms. The molecule has 2 saturated heterocycles. The smallest absolute Gasteiger partial charge is 0.115 e. The summed E-state index contributed by atoms with van der Waals surface area (Å²) >= 11 is 0. The third-order valence-corrected chi connectivity index (χ3v) is 4.35. The van der Waals surface area contributed by atoms with Gasteiger partial charge in [0.05, 0.1) is 26.4 Å². The molecule has 2 heterocycles. The second-order valence-corrected chi connectivity index (χ2v) is 6.27. The average molecular weight is 326 g/mol. The molecule has 4 atom stereocenters. The fraction of sp³-hybridized carbons (Fsp3) is 0.400. The Balaban J connectivity index is 1.39. The molecule has 0 radical (unpaired) electrons. The molecule has 2 aliphatic rings. The molecular weight excluding hydrogens is 304 g/mol. The summed E-state index contributed by atoms with van der Waals surface area (Å²) in [6, 6.07) is 20.4. The predicted octanol–water partition coefficient (Wildman–Crippen LogP) is 2.95. The van der Waals surface area contributed by atoms with Gasteiger partial charge < -0.3 is 18.9 Å². The third-order valence-electron chi connectivity index (χ3n) is 4.35. The standard InChI is InChI=1S/C20H22O4/c1-3-7-15(8-4-1)11-23-19(17-13-21-17)20(18-14-22-18)24-12-16-9-5-2-6-10-16/h1-10,17-20H,11-14H2. The zero-order valence-electron chi connectivity index (χ0n) is 13.5. The molecular formula is C20H22O4. The molecule has 126 valence electrons. The first kappa shape index (κ1) is 15.8. The SMILES string of the molecule is c1ccc(COC(C2CO2)C(OCc2ccccc2)C2CO2)cc1. The summed E-state index contributed by atoms with van der Waals surface area (Å²) < 4.78 is 23.4. The van der Waals surface area contributed by atoms with Gasteiger partial charge >= 0.3 is 0 Å². The van der Waals surface area contributed by atoms with Crippen LogP contribution in [-0.4, -0.2) is 37.6 Å². The predicted molar refractivity (Wildman–Crippen MR) is 89.5 cm³/mol. The van der Waals surface area contributed by atoms with E-state index in [-0.39, 0.29) is 24.4 Å². The van der Waals surface area contributed by atoms with Gasteiger partial charge in [0.2, 0.25) is 0 Å². The van der Waals surface area contributed by atoms with Crippen molar-refractivity contribution in [1.82, 2.24) is 0 Å². The first-order valence-electron chi connectivity index (χ1n) is 8.44. The van der Waals surface area contributed by atoms with E-state index in [0.29, 0.717) is 13.2 Å². The van der Waals surface area contributed by atoms with Crippen LogP contribution in [0.4, 0.5) is 0 Å². The molecule has 0 aromatic heterocycles. The second-order valence-electron chi connectivity index (χ2n) is 6.27. The van der Waals surface area contributed by atoms with Crippen LogP contribution < -0.4 is 0 Å². The summed E-state index contributed by atoms with van der Waals surface area (Å²) in [5, 5.41) is 0. The molecule has 2 fully saturated rings. The van der Waals surface area contributed by atoms with E-state index in [9.17, 15) is 0 Å². The summed E-state index contributed by atoms with van der Waals surface area (Å²) in [5.41, 5.74) is 2.31. The van der Waals surface area contributed by atoms with Crippen LogP contribution in [0.2, 0.25) is 0 Å². The van der Waals surface area contributed by atoms with E-state index >= 15 is 0 Å². The lowest BCUT2D eigenvalue weighted by Gasteiger charge is -2.25. The van der Waals surface area contributed by atoms with Crippen LogP contribution in [-0.2, 0) is 32.2 Å². The summed E-state index contributed by atoms with van der Waals surface area (Å²) in [5.74, 6) is 0. The first-order chi connectivity index (χ1) is 11.9. The van der Waals surface area contributed by atoms with Crippen LogP contribution in [0.5, 0.6) is 0 Å². The molecule has 2 aromatic rings. The average Bonchev–Trinajstić information content (AvgIpc) is 3.52. The van der Waals surface area contributed by atoms with Crippen molar-refractivity contribution in [2.24, 2.45) is 0 Å². The Morgan fingerprint density at radius 3 is 1.42 bits per heavy atom. The monoisotopic (exact) mass is 326 g/mol. The van der Waals surface area contributed by atoms with E-state index in [1.807, 2.05) is 36.4 Å². The van der Waals surface area contributed by atoms with Crippen molar-refractivity contribution in [3.63, 3.8) is 0 Å². The lowest BCUT2D eigenvalue weighted by molar-refractivity contribution is -0.104. The molecule has 0 saturated carbocycles. The quantitative estimate of drug-likeness (QED) is 0.665. The van der Waals surface area contributed by atoms with Gasteiger partial charge in [-0.1, -0.05) is 60.7 Å². The zero-order chi connectivity index (χ0) is 16.2. The summed E-state index contributed by atoms with van der Waals surface area (Å²) in [7, 11) is 0. The molecule has 0 amide bonds. The normalized spacial score (nSPS) is 24.3. The minimum Gasteiger partial charge on any atom is -0.370 e. The van der Waals surface area contributed by atoms with Crippen molar-refractivity contribution in [1.29, 1.82) is 0 Å². The van der Waals surface area contributed by atoms with E-state index in [2.05, 4.69) is 24.3 Å². The van der Waals surface area contributed by atoms with Gasteiger partial charge in [-0.25, -0.2) is 0 Å². The van der Waals surface area contributed by atoms with Gasteiger partial charge in [0.15, 0.2) is 0 Å². The molecule has 2 aromatic carbocycles. The van der Waals surface area contributed by atoms with Crippen molar-refractivity contribution >= 4 is 0 Å². The van der Waals surface area contributed by atoms with Gasteiger partial charge in [-0.3, -0.25) is 0 Å². The Morgan fingerprint density at radius 2 is 1.08 bits per heavy atom. The summed E-state index contributed by atoms with van der Waals surface area (Å²) in [6.45, 7) is 2.58. The van der Waals surface area contributed by atoms with Gasteiger partial charge in [0, 0.05) is 0 Å². The van der Waals surface area contributed by atoms with E-state index in [1.165, 1.54) is 0 Å². The highest BCUT2D eigenvalue weighted by molar-refractivity contribution is 5.14. The Hall–Kier alpha value is -1.72. The topological polar surface area (TPSA) is 43.5 Å². The maximum Gasteiger partial charge on any atom is 0.115 e. The zero-order valence-corrected chi connectivity index (χ0v) is 13.5. The van der Waals surface area contributed by atoms with Crippen molar-refractivity contribution in [3.05, 3.63) is 71.8 Å². The van der Waals surface area contributed by atoms with Gasteiger partial charge in [0.1, 0.15) is 24.4 Å². The number of rotatable bonds is 9. The van der Waals surface area contributed by atoms with Crippen LogP contribution in [0.1, 0.15) is 11.1 Å². The van der Waals surface area contributed by atoms with Crippen LogP contribution in [0.25, 0.3) is 0 Å². The second kappa shape index (κ2) is 7.45. The van der Waals surface area contributed by atoms with E-state index in [0.717, 1.165) is 24.3 Å². The van der Waals surface area contributed by atoms with Crippen LogP contribution in [0.3, 0.4) is 0 Å². The first-order valence-corrected chi connectivity index (χ1v) is 8.44. The van der Waals surface area contributed by atoms with Crippen LogP contribution in [0, 0.1) is 0 Å². The lowest BCUT2D eigenvalue weighted by atomic mass is 10.1.